The second-order valence-electron chi connectivity index (χ2n) is 5.74. The molecule has 3 rings (SSSR count). The molecule has 2 saturated heterocycles. The fourth-order valence-electron chi connectivity index (χ4n) is 3.23. The molecule has 18 heavy (non-hydrogen) atoms. The van der Waals surface area contributed by atoms with Crippen molar-refractivity contribution in [3.63, 3.8) is 0 Å². The molecule has 0 amide bonds. The van der Waals surface area contributed by atoms with Gasteiger partial charge in [0.1, 0.15) is 0 Å². The first-order valence-corrected chi connectivity index (χ1v) is 7.43. The Morgan fingerprint density at radius 2 is 1.06 bits per heavy atom. The van der Waals surface area contributed by atoms with Gasteiger partial charge in [-0.3, -0.25) is 9.80 Å². The van der Waals surface area contributed by atoms with Crippen LogP contribution in [-0.2, 0) is 13.1 Å². The highest BCUT2D eigenvalue weighted by Crippen LogP contribution is 2.19. The summed E-state index contributed by atoms with van der Waals surface area (Å²) < 4.78 is 0. The minimum absolute atomic E-state index is 1.16. The number of hydrogen-bond acceptors (Lipinski definition) is 2. The van der Waals surface area contributed by atoms with Gasteiger partial charge in [-0.05, 0) is 63.0 Å². The summed E-state index contributed by atoms with van der Waals surface area (Å²) in [6, 6.07) is 9.03. The van der Waals surface area contributed by atoms with Crippen LogP contribution in [-0.4, -0.2) is 36.0 Å². The quantitative estimate of drug-likeness (QED) is 0.803. The van der Waals surface area contributed by atoms with Crippen LogP contribution < -0.4 is 0 Å². The van der Waals surface area contributed by atoms with Gasteiger partial charge in [0.05, 0.1) is 0 Å². The van der Waals surface area contributed by atoms with E-state index >= 15 is 0 Å². The van der Waals surface area contributed by atoms with E-state index in [0.717, 1.165) is 13.1 Å². The highest BCUT2D eigenvalue weighted by molar-refractivity contribution is 5.27. The summed E-state index contributed by atoms with van der Waals surface area (Å²) in [6.45, 7) is 7.47. The van der Waals surface area contributed by atoms with Gasteiger partial charge >= 0.3 is 0 Å². The minimum atomic E-state index is 1.16. The molecule has 0 N–H and O–H groups in total. The SMILES string of the molecule is c1ccc(CN2CCCC2)c(CN2CCCC2)c1. The Kier molecular flexibility index (Phi) is 3.96. The lowest BCUT2D eigenvalue weighted by Gasteiger charge is -2.20. The molecule has 1 aromatic rings. The van der Waals surface area contributed by atoms with E-state index < -0.39 is 0 Å². The van der Waals surface area contributed by atoms with Crippen molar-refractivity contribution >= 4 is 0 Å². The van der Waals surface area contributed by atoms with E-state index in [9.17, 15) is 0 Å². The van der Waals surface area contributed by atoms with Crippen molar-refractivity contribution in [2.45, 2.75) is 38.8 Å². The second-order valence-corrected chi connectivity index (χ2v) is 5.74. The first kappa shape index (κ1) is 12.2. The van der Waals surface area contributed by atoms with E-state index in [-0.39, 0.29) is 0 Å². The van der Waals surface area contributed by atoms with Gasteiger partial charge < -0.3 is 0 Å². The van der Waals surface area contributed by atoms with Crippen molar-refractivity contribution < 1.29 is 0 Å². The predicted octanol–water partition coefficient (Wildman–Crippen LogP) is 2.88. The number of rotatable bonds is 4. The van der Waals surface area contributed by atoms with Crippen LogP contribution in [0.3, 0.4) is 0 Å². The van der Waals surface area contributed by atoms with Crippen LogP contribution in [0.4, 0.5) is 0 Å². The molecule has 0 aromatic heterocycles. The molecule has 0 saturated carbocycles. The first-order chi connectivity index (χ1) is 8.92. The Hall–Kier alpha value is -0.860. The normalized spacial score (nSPS) is 21.8. The van der Waals surface area contributed by atoms with E-state index in [2.05, 4.69) is 34.1 Å². The summed E-state index contributed by atoms with van der Waals surface area (Å²) in [4.78, 5) is 5.20. The van der Waals surface area contributed by atoms with Crippen LogP contribution in [0, 0.1) is 0 Å². The van der Waals surface area contributed by atoms with Crippen molar-refractivity contribution in [2.75, 3.05) is 26.2 Å². The average molecular weight is 244 g/mol. The highest BCUT2D eigenvalue weighted by Gasteiger charge is 2.16. The van der Waals surface area contributed by atoms with Crippen LogP contribution in [0.2, 0.25) is 0 Å². The van der Waals surface area contributed by atoms with Crippen molar-refractivity contribution in [3.05, 3.63) is 35.4 Å². The lowest BCUT2D eigenvalue weighted by Crippen LogP contribution is -2.22. The average Bonchev–Trinajstić information content (AvgIpc) is 3.05. The van der Waals surface area contributed by atoms with Gasteiger partial charge in [0, 0.05) is 13.1 Å². The third-order valence-electron chi connectivity index (χ3n) is 4.30. The molecule has 2 nitrogen and oxygen atoms in total. The van der Waals surface area contributed by atoms with Gasteiger partial charge in [0.15, 0.2) is 0 Å². The van der Waals surface area contributed by atoms with Crippen LogP contribution in [0.1, 0.15) is 36.8 Å². The summed E-state index contributed by atoms with van der Waals surface area (Å²) in [5.74, 6) is 0. The number of nitrogens with zero attached hydrogens (tertiary/aromatic N) is 2. The Balaban J connectivity index is 1.67. The monoisotopic (exact) mass is 244 g/mol. The van der Waals surface area contributed by atoms with E-state index in [1.807, 2.05) is 0 Å². The van der Waals surface area contributed by atoms with Gasteiger partial charge in [0.25, 0.3) is 0 Å². The van der Waals surface area contributed by atoms with Crippen molar-refractivity contribution in [1.82, 2.24) is 9.80 Å². The predicted molar refractivity (Wildman–Crippen MR) is 75.5 cm³/mol. The van der Waals surface area contributed by atoms with Crippen LogP contribution in [0.15, 0.2) is 24.3 Å². The van der Waals surface area contributed by atoms with Crippen LogP contribution in [0.25, 0.3) is 0 Å². The van der Waals surface area contributed by atoms with E-state index in [0.29, 0.717) is 0 Å². The Labute approximate surface area is 111 Å². The number of likely N-dealkylation sites (tertiary alicyclic amines) is 2. The maximum Gasteiger partial charge on any atom is 0.0236 e. The third kappa shape index (κ3) is 2.93. The summed E-state index contributed by atoms with van der Waals surface area (Å²) in [5.41, 5.74) is 3.10. The van der Waals surface area contributed by atoms with Gasteiger partial charge in [-0.25, -0.2) is 0 Å². The Bertz CT molecular complexity index is 339. The topological polar surface area (TPSA) is 6.48 Å². The molecule has 2 heterocycles. The molecule has 0 radical (unpaired) electrons. The fraction of sp³-hybridized carbons (Fsp3) is 0.625. The molecular formula is C16H24N2. The molecule has 1 aromatic carbocycles. The largest absolute Gasteiger partial charge is 0.299 e. The third-order valence-corrected chi connectivity index (χ3v) is 4.30. The molecule has 0 bridgehead atoms. The zero-order valence-corrected chi connectivity index (χ0v) is 11.3. The second kappa shape index (κ2) is 5.85. The zero-order valence-electron chi connectivity index (χ0n) is 11.3. The molecule has 2 fully saturated rings. The van der Waals surface area contributed by atoms with E-state index in [1.165, 1.54) is 51.9 Å². The molecule has 0 unspecified atom stereocenters. The van der Waals surface area contributed by atoms with Crippen molar-refractivity contribution in [3.8, 4) is 0 Å². The Morgan fingerprint density at radius 3 is 1.44 bits per heavy atom. The molecule has 98 valence electrons. The zero-order chi connectivity index (χ0) is 12.2. The van der Waals surface area contributed by atoms with Gasteiger partial charge in [-0.1, -0.05) is 24.3 Å². The Morgan fingerprint density at radius 1 is 0.667 bits per heavy atom. The van der Waals surface area contributed by atoms with E-state index in [4.69, 9.17) is 0 Å². The summed E-state index contributed by atoms with van der Waals surface area (Å²) in [5, 5.41) is 0. The summed E-state index contributed by atoms with van der Waals surface area (Å²) in [6.07, 6.45) is 5.53. The fourth-order valence-corrected chi connectivity index (χ4v) is 3.23. The lowest BCUT2D eigenvalue weighted by atomic mass is 10.1. The van der Waals surface area contributed by atoms with E-state index in [1.54, 1.807) is 11.1 Å². The smallest absolute Gasteiger partial charge is 0.0236 e. The van der Waals surface area contributed by atoms with Crippen LogP contribution >= 0.6 is 0 Å². The maximum atomic E-state index is 2.60. The molecule has 0 spiro atoms. The van der Waals surface area contributed by atoms with Gasteiger partial charge in [-0.15, -0.1) is 0 Å². The molecule has 2 aliphatic heterocycles. The van der Waals surface area contributed by atoms with Gasteiger partial charge in [0.2, 0.25) is 0 Å². The standard InChI is InChI=1S/C16H24N2/c1-2-8-16(14-18-11-5-6-12-18)15(7-1)13-17-9-3-4-10-17/h1-2,7-8H,3-6,9-14H2. The minimum Gasteiger partial charge on any atom is -0.299 e. The molecule has 2 aliphatic rings. The summed E-state index contributed by atoms with van der Waals surface area (Å²) in [7, 11) is 0. The van der Waals surface area contributed by atoms with Crippen molar-refractivity contribution in [1.29, 1.82) is 0 Å². The van der Waals surface area contributed by atoms with Gasteiger partial charge in [-0.2, -0.15) is 0 Å². The van der Waals surface area contributed by atoms with Crippen molar-refractivity contribution in [2.24, 2.45) is 0 Å². The molecule has 0 atom stereocenters. The summed E-state index contributed by atoms with van der Waals surface area (Å²) >= 11 is 0. The molecular weight excluding hydrogens is 220 g/mol. The maximum absolute atomic E-state index is 2.60. The molecule has 2 heteroatoms. The first-order valence-electron chi connectivity index (χ1n) is 7.43. The molecule has 0 aliphatic carbocycles. The lowest BCUT2D eigenvalue weighted by molar-refractivity contribution is 0.314. The highest BCUT2D eigenvalue weighted by atomic mass is 15.1. The number of benzene rings is 1. The van der Waals surface area contributed by atoms with Crippen LogP contribution in [0.5, 0.6) is 0 Å². The number of hydrogen-bond donors (Lipinski definition) is 0.